The van der Waals surface area contributed by atoms with E-state index in [2.05, 4.69) is 4.98 Å². The van der Waals surface area contributed by atoms with Gasteiger partial charge in [0.05, 0.1) is 18.6 Å². The summed E-state index contributed by atoms with van der Waals surface area (Å²) in [5.41, 5.74) is 0.659. The molecule has 0 bridgehead atoms. The topological polar surface area (TPSA) is 44.1 Å². The average molecular weight is 194 g/mol. The Balaban J connectivity index is 2.12. The molecule has 2 atom stereocenters. The van der Waals surface area contributed by atoms with Gasteiger partial charge in [0, 0.05) is 13.2 Å². The highest BCUT2D eigenvalue weighted by atomic mass is 16.5. The van der Waals surface area contributed by atoms with E-state index in [4.69, 9.17) is 4.74 Å². The molecule has 1 aliphatic carbocycles. The lowest BCUT2D eigenvalue weighted by Crippen LogP contribution is -2.10. The zero-order valence-corrected chi connectivity index (χ0v) is 8.22. The predicted molar refractivity (Wildman–Crippen MR) is 51.3 cm³/mol. The molecule has 2 unspecified atom stereocenters. The zero-order chi connectivity index (χ0) is 9.97. The molecule has 0 amide bonds. The van der Waals surface area contributed by atoms with Crippen molar-refractivity contribution in [2.75, 3.05) is 7.11 Å². The van der Waals surface area contributed by atoms with E-state index < -0.39 is 0 Å². The second-order valence-electron chi connectivity index (χ2n) is 3.67. The molecule has 0 N–H and O–H groups in total. The Bertz CT molecular complexity index is 322. The minimum absolute atomic E-state index is 0.335. The zero-order valence-electron chi connectivity index (χ0n) is 8.22. The number of hydrogen-bond acceptors (Lipinski definition) is 3. The van der Waals surface area contributed by atoms with E-state index in [1.165, 1.54) is 0 Å². The third kappa shape index (κ3) is 1.57. The fraction of sp³-hybridized carbons (Fsp3) is 0.600. The normalized spacial score (nSPS) is 26.6. The van der Waals surface area contributed by atoms with Gasteiger partial charge in [-0.3, -0.25) is 4.79 Å². The molecule has 0 aliphatic heterocycles. The lowest BCUT2D eigenvalue weighted by Gasteiger charge is -2.13. The smallest absolute Gasteiger partial charge is 0.168 e. The van der Waals surface area contributed by atoms with Crippen LogP contribution in [0.5, 0.6) is 0 Å². The summed E-state index contributed by atoms with van der Waals surface area (Å²) in [7, 11) is 1.74. The summed E-state index contributed by atoms with van der Waals surface area (Å²) in [6, 6.07) is 0.377. The largest absolute Gasteiger partial charge is 0.381 e. The molecule has 1 aliphatic rings. The molecule has 0 spiro atoms. The number of carbonyl (C=O) groups excluding carboxylic acids is 1. The molecule has 1 heterocycles. The van der Waals surface area contributed by atoms with E-state index in [0.29, 0.717) is 17.8 Å². The third-order valence-corrected chi connectivity index (χ3v) is 2.90. The van der Waals surface area contributed by atoms with Crippen molar-refractivity contribution >= 4 is 6.29 Å². The first-order valence-electron chi connectivity index (χ1n) is 4.85. The molecule has 4 nitrogen and oxygen atoms in total. The summed E-state index contributed by atoms with van der Waals surface area (Å²) in [6.45, 7) is 0. The van der Waals surface area contributed by atoms with E-state index in [1.807, 2.05) is 4.57 Å². The van der Waals surface area contributed by atoms with Gasteiger partial charge < -0.3 is 9.30 Å². The van der Waals surface area contributed by atoms with Gasteiger partial charge in [0.2, 0.25) is 0 Å². The Morgan fingerprint density at radius 2 is 2.50 bits per heavy atom. The van der Waals surface area contributed by atoms with Gasteiger partial charge in [0.15, 0.2) is 6.29 Å². The fourth-order valence-corrected chi connectivity index (χ4v) is 2.10. The molecule has 1 saturated carbocycles. The number of methoxy groups -OCH3 is 1. The minimum Gasteiger partial charge on any atom is -0.381 e. The number of aldehydes is 1. The highest BCUT2D eigenvalue weighted by Gasteiger charge is 2.26. The summed E-state index contributed by atoms with van der Waals surface area (Å²) < 4.78 is 7.24. The molecule has 0 aromatic carbocycles. The number of ether oxygens (including phenoxy) is 1. The number of rotatable bonds is 3. The van der Waals surface area contributed by atoms with Gasteiger partial charge >= 0.3 is 0 Å². The first-order valence-corrected chi connectivity index (χ1v) is 4.85. The number of nitrogens with zero attached hydrogens (tertiary/aromatic N) is 2. The Morgan fingerprint density at radius 1 is 1.64 bits per heavy atom. The molecule has 1 aromatic heterocycles. The standard InChI is InChI=1S/C10H14N2O2/c1-14-10-3-2-8(4-10)12-7-11-5-9(12)6-13/h5-8,10H,2-4H2,1H3. The van der Waals surface area contributed by atoms with Gasteiger partial charge in [0.1, 0.15) is 5.69 Å². The van der Waals surface area contributed by atoms with Crippen LogP contribution in [0.3, 0.4) is 0 Å². The Hall–Kier alpha value is -1.16. The van der Waals surface area contributed by atoms with Gasteiger partial charge in [-0.2, -0.15) is 0 Å². The maximum Gasteiger partial charge on any atom is 0.168 e. The van der Waals surface area contributed by atoms with E-state index in [0.717, 1.165) is 25.5 Å². The van der Waals surface area contributed by atoms with Crippen molar-refractivity contribution in [1.29, 1.82) is 0 Å². The molecule has 76 valence electrons. The van der Waals surface area contributed by atoms with Gasteiger partial charge in [-0.05, 0) is 19.3 Å². The van der Waals surface area contributed by atoms with Crippen LogP contribution >= 0.6 is 0 Å². The van der Waals surface area contributed by atoms with Crippen LogP contribution in [0, 0.1) is 0 Å². The lowest BCUT2D eigenvalue weighted by atomic mass is 10.2. The van der Waals surface area contributed by atoms with E-state index in [-0.39, 0.29) is 0 Å². The van der Waals surface area contributed by atoms with Crippen LogP contribution in [-0.2, 0) is 4.74 Å². The molecule has 14 heavy (non-hydrogen) atoms. The van der Waals surface area contributed by atoms with Crippen LogP contribution in [0.25, 0.3) is 0 Å². The van der Waals surface area contributed by atoms with Gasteiger partial charge in [0.25, 0.3) is 0 Å². The molecule has 2 rings (SSSR count). The van der Waals surface area contributed by atoms with E-state index >= 15 is 0 Å². The molecule has 0 saturated heterocycles. The fourth-order valence-electron chi connectivity index (χ4n) is 2.10. The van der Waals surface area contributed by atoms with Crippen LogP contribution < -0.4 is 0 Å². The predicted octanol–water partition coefficient (Wildman–Crippen LogP) is 1.44. The molecular formula is C10H14N2O2. The van der Waals surface area contributed by atoms with Crippen LogP contribution in [0.4, 0.5) is 0 Å². The lowest BCUT2D eigenvalue weighted by molar-refractivity contribution is 0.105. The molecule has 1 aromatic rings. The molecule has 4 heteroatoms. The van der Waals surface area contributed by atoms with Crippen molar-refractivity contribution in [3.05, 3.63) is 18.2 Å². The van der Waals surface area contributed by atoms with E-state index in [1.54, 1.807) is 19.6 Å². The van der Waals surface area contributed by atoms with Crippen molar-refractivity contribution in [3.8, 4) is 0 Å². The maximum absolute atomic E-state index is 10.7. The molecule has 0 radical (unpaired) electrons. The van der Waals surface area contributed by atoms with Crippen molar-refractivity contribution < 1.29 is 9.53 Å². The van der Waals surface area contributed by atoms with Gasteiger partial charge in [-0.25, -0.2) is 4.98 Å². The van der Waals surface area contributed by atoms with Crippen LogP contribution in [0.2, 0.25) is 0 Å². The summed E-state index contributed by atoms with van der Waals surface area (Å²) >= 11 is 0. The van der Waals surface area contributed by atoms with Crippen molar-refractivity contribution in [1.82, 2.24) is 9.55 Å². The summed E-state index contributed by atoms with van der Waals surface area (Å²) in [6.07, 6.45) is 7.63. The second-order valence-corrected chi connectivity index (χ2v) is 3.67. The Kier molecular flexibility index (Phi) is 2.63. The van der Waals surface area contributed by atoms with Gasteiger partial charge in [-0.1, -0.05) is 0 Å². The van der Waals surface area contributed by atoms with Crippen LogP contribution in [-0.4, -0.2) is 29.1 Å². The first kappa shape index (κ1) is 9.40. The Labute approximate surface area is 82.9 Å². The Morgan fingerprint density at radius 3 is 3.14 bits per heavy atom. The minimum atomic E-state index is 0.335. The average Bonchev–Trinajstić information content (AvgIpc) is 2.85. The number of hydrogen-bond donors (Lipinski definition) is 0. The summed E-state index contributed by atoms with van der Waals surface area (Å²) in [4.78, 5) is 14.7. The van der Waals surface area contributed by atoms with Crippen molar-refractivity contribution in [3.63, 3.8) is 0 Å². The molecular weight excluding hydrogens is 180 g/mol. The van der Waals surface area contributed by atoms with E-state index in [9.17, 15) is 4.79 Å². The van der Waals surface area contributed by atoms with Crippen molar-refractivity contribution in [2.45, 2.75) is 31.4 Å². The first-order chi connectivity index (χ1) is 6.85. The summed E-state index contributed by atoms with van der Waals surface area (Å²) in [5.74, 6) is 0. The van der Waals surface area contributed by atoms with Crippen LogP contribution in [0.15, 0.2) is 12.5 Å². The maximum atomic E-state index is 10.7. The second kappa shape index (κ2) is 3.92. The summed E-state index contributed by atoms with van der Waals surface area (Å²) in [5, 5.41) is 0. The molecule has 1 fully saturated rings. The number of aromatic nitrogens is 2. The highest BCUT2D eigenvalue weighted by Crippen LogP contribution is 2.31. The van der Waals surface area contributed by atoms with Gasteiger partial charge in [-0.15, -0.1) is 0 Å². The number of imidazole rings is 1. The van der Waals surface area contributed by atoms with Crippen molar-refractivity contribution in [2.24, 2.45) is 0 Å². The monoisotopic (exact) mass is 194 g/mol. The highest BCUT2D eigenvalue weighted by molar-refractivity contribution is 5.71. The quantitative estimate of drug-likeness (QED) is 0.684. The SMILES string of the molecule is COC1CCC(n2cncc2C=O)C1. The number of carbonyl (C=O) groups is 1. The van der Waals surface area contributed by atoms with Crippen LogP contribution in [0.1, 0.15) is 35.8 Å². The third-order valence-electron chi connectivity index (χ3n) is 2.90.